The predicted octanol–water partition coefficient (Wildman–Crippen LogP) is 6.22. The zero-order valence-electron chi connectivity index (χ0n) is 20.5. The Morgan fingerprint density at radius 1 is 1.00 bits per heavy atom. The Labute approximate surface area is 224 Å². The average molecular weight is 537 g/mol. The van der Waals surface area contributed by atoms with Crippen LogP contribution in [0.5, 0.6) is 11.5 Å². The van der Waals surface area contributed by atoms with Crippen LogP contribution in [0.3, 0.4) is 0 Å². The first-order chi connectivity index (χ1) is 17.7. The van der Waals surface area contributed by atoms with Gasteiger partial charge in [-0.05, 0) is 90.3 Å². The lowest BCUT2D eigenvalue weighted by molar-refractivity contribution is -0.123. The van der Waals surface area contributed by atoms with Crippen molar-refractivity contribution in [2.75, 3.05) is 19.0 Å². The number of carbonyl (C=O) groups excluding carboxylic acids is 3. The van der Waals surface area contributed by atoms with Crippen LogP contribution in [0, 0.1) is 13.8 Å². The second kappa shape index (κ2) is 11.5. The summed E-state index contributed by atoms with van der Waals surface area (Å²) in [6.45, 7) is 3.95. The molecule has 1 aliphatic rings. The Kier molecular flexibility index (Phi) is 8.21. The van der Waals surface area contributed by atoms with Gasteiger partial charge in [0.1, 0.15) is 0 Å². The van der Waals surface area contributed by atoms with Crippen molar-refractivity contribution in [3.8, 4) is 11.5 Å². The van der Waals surface area contributed by atoms with Crippen LogP contribution in [0.25, 0.3) is 6.08 Å². The van der Waals surface area contributed by atoms with Gasteiger partial charge in [-0.2, -0.15) is 0 Å². The molecule has 0 spiro atoms. The molecule has 190 valence electrons. The van der Waals surface area contributed by atoms with Gasteiger partial charge in [-0.1, -0.05) is 35.9 Å². The molecular weight excluding hydrogens is 512 g/mol. The molecule has 0 atom stereocenters. The SMILES string of the molecule is COc1cc(/C=C2/SC(=O)N(Cc3ccc(Cl)cc3)C2=O)ccc1OCC(=O)Nc1ccc(C)c(C)c1. The molecule has 9 heteroatoms. The molecule has 1 fully saturated rings. The molecule has 0 aromatic heterocycles. The van der Waals surface area contributed by atoms with Crippen LogP contribution >= 0.6 is 23.4 Å². The summed E-state index contributed by atoms with van der Waals surface area (Å²) in [4.78, 5) is 39.2. The molecular formula is C28H25ClN2O5S. The lowest BCUT2D eigenvalue weighted by atomic mass is 10.1. The van der Waals surface area contributed by atoms with Crippen LogP contribution in [0.1, 0.15) is 22.3 Å². The van der Waals surface area contributed by atoms with Crippen molar-refractivity contribution in [2.24, 2.45) is 0 Å². The lowest BCUT2D eigenvalue weighted by Crippen LogP contribution is -2.27. The Bertz CT molecular complexity index is 1390. The van der Waals surface area contributed by atoms with Crippen molar-refractivity contribution >= 4 is 52.2 Å². The van der Waals surface area contributed by atoms with Gasteiger partial charge in [0, 0.05) is 10.7 Å². The highest BCUT2D eigenvalue weighted by molar-refractivity contribution is 8.18. The van der Waals surface area contributed by atoms with Gasteiger partial charge in [-0.15, -0.1) is 0 Å². The minimum atomic E-state index is -0.368. The molecule has 0 radical (unpaired) electrons. The Morgan fingerprint density at radius 2 is 1.76 bits per heavy atom. The van der Waals surface area contributed by atoms with Gasteiger partial charge in [0.05, 0.1) is 18.6 Å². The third-order valence-electron chi connectivity index (χ3n) is 5.76. The number of methoxy groups -OCH3 is 1. The molecule has 0 aliphatic carbocycles. The fourth-order valence-corrected chi connectivity index (χ4v) is 4.58. The van der Waals surface area contributed by atoms with E-state index in [1.165, 1.54) is 12.0 Å². The average Bonchev–Trinajstić information content (AvgIpc) is 3.13. The normalized spacial score (nSPS) is 14.3. The van der Waals surface area contributed by atoms with E-state index in [9.17, 15) is 14.4 Å². The highest BCUT2D eigenvalue weighted by Crippen LogP contribution is 2.35. The third-order valence-corrected chi connectivity index (χ3v) is 6.92. The molecule has 1 N–H and O–H groups in total. The number of nitrogens with one attached hydrogen (secondary N) is 1. The van der Waals surface area contributed by atoms with Gasteiger partial charge in [-0.25, -0.2) is 0 Å². The quantitative estimate of drug-likeness (QED) is 0.344. The summed E-state index contributed by atoms with van der Waals surface area (Å²) in [5, 5.41) is 3.06. The van der Waals surface area contributed by atoms with Crippen molar-refractivity contribution in [1.29, 1.82) is 0 Å². The first-order valence-electron chi connectivity index (χ1n) is 11.4. The van der Waals surface area contributed by atoms with E-state index < -0.39 is 0 Å². The number of rotatable bonds is 8. The van der Waals surface area contributed by atoms with Crippen LogP contribution in [0.15, 0.2) is 65.6 Å². The molecule has 3 aromatic carbocycles. The summed E-state index contributed by atoms with van der Waals surface area (Å²) >= 11 is 6.79. The number of benzene rings is 3. The number of ether oxygens (including phenoxy) is 2. The van der Waals surface area contributed by atoms with E-state index in [2.05, 4.69) is 5.32 Å². The molecule has 4 rings (SSSR count). The number of imide groups is 1. The minimum Gasteiger partial charge on any atom is -0.493 e. The summed E-state index contributed by atoms with van der Waals surface area (Å²) in [6.07, 6.45) is 1.63. The maximum Gasteiger partial charge on any atom is 0.293 e. The zero-order chi connectivity index (χ0) is 26.5. The van der Waals surface area contributed by atoms with Crippen LogP contribution in [0.4, 0.5) is 10.5 Å². The molecule has 7 nitrogen and oxygen atoms in total. The number of anilines is 1. The van der Waals surface area contributed by atoms with Gasteiger partial charge in [-0.3, -0.25) is 19.3 Å². The Morgan fingerprint density at radius 3 is 2.46 bits per heavy atom. The monoisotopic (exact) mass is 536 g/mol. The number of nitrogens with zero attached hydrogens (tertiary/aromatic N) is 1. The van der Waals surface area contributed by atoms with Crippen molar-refractivity contribution in [3.63, 3.8) is 0 Å². The second-order valence-corrected chi connectivity index (χ2v) is 9.87. The lowest BCUT2D eigenvalue weighted by Gasteiger charge is -2.13. The highest BCUT2D eigenvalue weighted by Gasteiger charge is 2.35. The van der Waals surface area contributed by atoms with Crippen molar-refractivity contribution in [2.45, 2.75) is 20.4 Å². The predicted molar refractivity (Wildman–Crippen MR) is 146 cm³/mol. The van der Waals surface area contributed by atoms with E-state index in [0.717, 1.165) is 28.5 Å². The van der Waals surface area contributed by atoms with E-state index in [1.54, 1.807) is 48.5 Å². The summed E-state index contributed by atoms with van der Waals surface area (Å²) in [6, 6.07) is 17.7. The van der Waals surface area contributed by atoms with E-state index >= 15 is 0 Å². The minimum absolute atomic E-state index is 0.166. The molecule has 0 unspecified atom stereocenters. The van der Waals surface area contributed by atoms with E-state index in [4.69, 9.17) is 21.1 Å². The Hall–Kier alpha value is -3.75. The summed E-state index contributed by atoms with van der Waals surface area (Å²) in [5.41, 5.74) is 4.38. The fourth-order valence-electron chi connectivity index (χ4n) is 3.61. The largest absolute Gasteiger partial charge is 0.493 e. The Balaban J connectivity index is 1.41. The molecule has 0 bridgehead atoms. The number of aryl methyl sites for hydroxylation is 2. The third kappa shape index (κ3) is 6.53. The molecule has 3 amide bonds. The maximum absolute atomic E-state index is 12.9. The molecule has 3 aromatic rings. The first kappa shape index (κ1) is 26.3. The topological polar surface area (TPSA) is 84.9 Å². The van der Waals surface area contributed by atoms with Crippen LogP contribution in [0.2, 0.25) is 5.02 Å². The van der Waals surface area contributed by atoms with Gasteiger partial charge in [0.2, 0.25) is 0 Å². The molecule has 1 saturated heterocycles. The van der Waals surface area contributed by atoms with Crippen LogP contribution in [-0.4, -0.2) is 35.7 Å². The van der Waals surface area contributed by atoms with Crippen LogP contribution < -0.4 is 14.8 Å². The number of amides is 3. The standard InChI is InChI=1S/C28H25ClN2O5S/c1-17-4-10-22(12-18(17)2)30-26(32)16-36-23-11-7-20(13-24(23)35-3)14-25-27(33)31(28(34)37-25)15-19-5-8-21(29)9-6-19/h4-14H,15-16H2,1-3H3,(H,30,32)/b25-14+. The second-order valence-electron chi connectivity index (χ2n) is 8.44. The maximum atomic E-state index is 12.9. The van der Waals surface area contributed by atoms with E-state index in [0.29, 0.717) is 32.7 Å². The highest BCUT2D eigenvalue weighted by atomic mass is 35.5. The van der Waals surface area contributed by atoms with Crippen molar-refractivity contribution in [1.82, 2.24) is 4.90 Å². The van der Waals surface area contributed by atoms with Crippen molar-refractivity contribution in [3.05, 3.63) is 92.8 Å². The number of hydrogen-bond donors (Lipinski definition) is 1. The number of thioether (sulfide) groups is 1. The molecule has 1 heterocycles. The van der Waals surface area contributed by atoms with Gasteiger partial charge < -0.3 is 14.8 Å². The smallest absolute Gasteiger partial charge is 0.293 e. The summed E-state index contributed by atoms with van der Waals surface area (Å²) < 4.78 is 11.1. The van der Waals surface area contributed by atoms with E-state index in [1.807, 2.05) is 32.0 Å². The molecule has 1 aliphatic heterocycles. The first-order valence-corrected chi connectivity index (χ1v) is 12.6. The zero-order valence-corrected chi connectivity index (χ0v) is 22.1. The molecule has 37 heavy (non-hydrogen) atoms. The van der Waals surface area contributed by atoms with Gasteiger partial charge >= 0.3 is 0 Å². The number of hydrogen-bond acceptors (Lipinski definition) is 6. The fraction of sp³-hybridized carbons (Fsp3) is 0.179. The molecule has 0 saturated carbocycles. The van der Waals surface area contributed by atoms with Crippen LogP contribution in [-0.2, 0) is 16.1 Å². The number of carbonyl (C=O) groups is 3. The summed E-state index contributed by atoms with van der Waals surface area (Å²) in [5.74, 6) is 0.106. The van der Waals surface area contributed by atoms with Crippen molar-refractivity contribution < 1.29 is 23.9 Å². The van der Waals surface area contributed by atoms with Gasteiger partial charge in [0.25, 0.3) is 17.1 Å². The van der Waals surface area contributed by atoms with E-state index in [-0.39, 0.29) is 30.2 Å². The van der Waals surface area contributed by atoms with Gasteiger partial charge in [0.15, 0.2) is 18.1 Å². The number of halogens is 1. The summed E-state index contributed by atoms with van der Waals surface area (Å²) in [7, 11) is 1.49.